The second-order valence-electron chi connectivity index (χ2n) is 6.77. The minimum absolute atomic E-state index is 0.0547. The molecule has 1 fully saturated rings. The van der Waals surface area contributed by atoms with Gasteiger partial charge in [0.05, 0.1) is 16.5 Å². The molecule has 1 amide bonds. The van der Waals surface area contributed by atoms with Crippen molar-refractivity contribution in [1.29, 1.82) is 0 Å². The summed E-state index contributed by atoms with van der Waals surface area (Å²) in [7, 11) is 0. The number of hydrogen-bond donors (Lipinski definition) is 0. The van der Waals surface area contributed by atoms with E-state index in [4.69, 9.17) is 4.74 Å². The zero-order valence-corrected chi connectivity index (χ0v) is 16.2. The first-order chi connectivity index (χ1) is 13.7. The molecule has 144 valence electrons. The fourth-order valence-electron chi connectivity index (χ4n) is 3.31. The highest BCUT2D eigenvalue weighted by Gasteiger charge is 2.29. The number of thiophene rings is 1. The van der Waals surface area contributed by atoms with Crippen LogP contribution in [-0.4, -0.2) is 39.6 Å². The van der Waals surface area contributed by atoms with Gasteiger partial charge in [0.1, 0.15) is 6.61 Å². The van der Waals surface area contributed by atoms with Crippen molar-refractivity contribution in [3.63, 3.8) is 0 Å². The molecule has 0 spiro atoms. The van der Waals surface area contributed by atoms with Crippen LogP contribution in [0.4, 0.5) is 0 Å². The number of nitrogens with zero attached hydrogens (tertiary/aromatic N) is 3. The Morgan fingerprint density at radius 1 is 1.11 bits per heavy atom. The lowest BCUT2D eigenvalue weighted by Crippen LogP contribution is -2.40. The van der Waals surface area contributed by atoms with Crippen molar-refractivity contribution in [2.45, 2.75) is 19.4 Å². The molecule has 0 radical (unpaired) electrons. The number of carbonyl (C=O) groups is 2. The lowest BCUT2D eigenvalue weighted by atomic mass is 9.97. The largest absolute Gasteiger partial charge is 0.461 e. The van der Waals surface area contributed by atoms with Gasteiger partial charge in [-0.3, -0.25) is 9.59 Å². The van der Waals surface area contributed by atoms with Crippen LogP contribution in [0.2, 0.25) is 0 Å². The summed E-state index contributed by atoms with van der Waals surface area (Å²) in [6, 6.07) is 13.4. The van der Waals surface area contributed by atoms with E-state index < -0.39 is 0 Å². The summed E-state index contributed by atoms with van der Waals surface area (Å²) in [6.07, 6.45) is 4.90. The van der Waals surface area contributed by atoms with Gasteiger partial charge in [0.15, 0.2) is 0 Å². The molecule has 2 aromatic heterocycles. The number of likely N-dealkylation sites (tertiary alicyclic amines) is 1. The first kappa shape index (κ1) is 18.4. The molecule has 4 rings (SSSR count). The Morgan fingerprint density at radius 3 is 2.54 bits per heavy atom. The Kier molecular flexibility index (Phi) is 5.53. The molecule has 0 N–H and O–H groups in total. The molecule has 0 unspecified atom stereocenters. The number of hydrogen-bond acceptors (Lipinski definition) is 5. The predicted octanol–water partition coefficient (Wildman–Crippen LogP) is 3.53. The van der Waals surface area contributed by atoms with Crippen molar-refractivity contribution in [3.05, 3.63) is 70.7 Å². The molecule has 7 heteroatoms. The van der Waals surface area contributed by atoms with Gasteiger partial charge in [0, 0.05) is 25.5 Å². The molecule has 1 aromatic carbocycles. The molecular formula is C21H21N3O3S. The van der Waals surface area contributed by atoms with Gasteiger partial charge in [-0.1, -0.05) is 18.2 Å². The summed E-state index contributed by atoms with van der Waals surface area (Å²) in [4.78, 5) is 27.3. The maximum atomic E-state index is 12.4. The molecule has 1 saturated heterocycles. The van der Waals surface area contributed by atoms with Gasteiger partial charge in [-0.25, -0.2) is 4.68 Å². The van der Waals surface area contributed by atoms with Crippen LogP contribution in [-0.2, 0) is 16.1 Å². The minimum atomic E-state index is -0.181. The molecule has 0 atom stereocenters. The monoisotopic (exact) mass is 395 g/mol. The van der Waals surface area contributed by atoms with Crippen molar-refractivity contribution in [1.82, 2.24) is 14.7 Å². The number of ether oxygens (including phenoxy) is 1. The molecular weight excluding hydrogens is 374 g/mol. The van der Waals surface area contributed by atoms with Crippen LogP contribution in [0.25, 0.3) is 5.69 Å². The Hall–Kier alpha value is -2.93. The molecule has 1 aliphatic heterocycles. The number of esters is 1. The minimum Gasteiger partial charge on any atom is -0.461 e. The average molecular weight is 395 g/mol. The maximum absolute atomic E-state index is 12.4. The van der Waals surface area contributed by atoms with Gasteiger partial charge in [-0.05, 0) is 48.1 Å². The molecule has 6 nitrogen and oxygen atoms in total. The van der Waals surface area contributed by atoms with E-state index in [1.165, 1.54) is 11.3 Å². The lowest BCUT2D eigenvalue weighted by Gasteiger charge is -2.30. The standard InChI is InChI=1S/C21H21N3O3S/c25-20(19-3-1-14-28-19)23-12-8-17(9-13-23)21(26)27-15-16-4-6-18(7-5-16)24-11-2-10-22-24/h1-7,10-11,14,17H,8-9,12-13,15H2. The first-order valence-corrected chi connectivity index (χ1v) is 10.2. The fourth-order valence-corrected chi connectivity index (χ4v) is 4.00. The average Bonchev–Trinajstić information content (AvgIpc) is 3.46. The van der Waals surface area contributed by atoms with E-state index in [0.29, 0.717) is 25.9 Å². The Bertz CT molecular complexity index is 912. The van der Waals surface area contributed by atoms with Gasteiger partial charge < -0.3 is 9.64 Å². The molecule has 28 heavy (non-hydrogen) atoms. The van der Waals surface area contributed by atoms with Gasteiger partial charge in [0.2, 0.25) is 0 Å². The van der Waals surface area contributed by atoms with E-state index >= 15 is 0 Å². The number of benzene rings is 1. The van der Waals surface area contributed by atoms with Crippen molar-refractivity contribution in [2.24, 2.45) is 5.92 Å². The summed E-state index contributed by atoms with van der Waals surface area (Å²) < 4.78 is 7.28. The van der Waals surface area contributed by atoms with Crippen LogP contribution in [0, 0.1) is 5.92 Å². The number of carbonyl (C=O) groups excluding carboxylic acids is 2. The summed E-state index contributed by atoms with van der Waals surface area (Å²) in [5, 5.41) is 6.09. The van der Waals surface area contributed by atoms with Gasteiger partial charge in [0.25, 0.3) is 5.91 Å². The van der Waals surface area contributed by atoms with Gasteiger partial charge in [-0.2, -0.15) is 5.10 Å². The Balaban J connectivity index is 1.25. The number of aromatic nitrogens is 2. The van der Waals surface area contributed by atoms with E-state index in [2.05, 4.69) is 5.10 Å². The molecule has 3 aromatic rings. The number of rotatable bonds is 5. The van der Waals surface area contributed by atoms with Crippen molar-refractivity contribution < 1.29 is 14.3 Å². The molecule has 0 aliphatic carbocycles. The smallest absolute Gasteiger partial charge is 0.309 e. The summed E-state index contributed by atoms with van der Waals surface area (Å²) >= 11 is 1.45. The van der Waals surface area contributed by atoms with Crippen LogP contribution in [0.1, 0.15) is 28.1 Å². The van der Waals surface area contributed by atoms with Crippen LogP contribution >= 0.6 is 11.3 Å². The molecule has 0 bridgehead atoms. The van der Waals surface area contributed by atoms with E-state index in [9.17, 15) is 9.59 Å². The Labute approximate surface area is 167 Å². The highest BCUT2D eigenvalue weighted by atomic mass is 32.1. The van der Waals surface area contributed by atoms with Crippen molar-refractivity contribution >= 4 is 23.2 Å². The Morgan fingerprint density at radius 2 is 1.89 bits per heavy atom. The molecule has 1 aliphatic rings. The maximum Gasteiger partial charge on any atom is 0.309 e. The second-order valence-corrected chi connectivity index (χ2v) is 7.72. The number of piperidine rings is 1. The molecule has 0 saturated carbocycles. The van der Waals surface area contributed by atoms with Gasteiger partial charge in [-0.15, -0.1) is 11.3 Å². The highest BCUT2D eigenvalue weighted by molar-refractivity contribution is 7.12. The quantitative estimate of drug-likeness (QED) is 0.620. The van der Waals surface area contributed by atoms with E-state index in [-0.39, 0.29) is 24.4 Å². The highest BCUT2D eigenvalue weighted by Crippen LogP contribution is 2.22. The SMILES string of the molecule is O=C(OCc1ccc(-n2cccn2)cc1)C1CCN(C(=O)c2cccs2)CC1. The van der Waals surface area contributed by atoms with E-state index in [1.807, 2.05) is 58.9 Å². The normalized spacial score (nSPS) is 14.8. The zero-order valence-electron chi connectivity index (χ0n) is 15.4. The fraction of sp³-hybridized carbons (Fsp3) is 0.286. The second kappa shape index (κ2) is 8.39. The van der Waals surface area contributed by atoms with Gasteiger partial charge >= 0.3 is 5.97 Å². The van der Waals surface area contributed by atoms with Crippen molar-refractivity contribution in [2.75, 3.05) is 13.1 Å². The van der Waals surface area contributed by atoms with Crippen LogP contribution in [0.5, 0.6) is 0 Å². The van der Waals surface area contributed by atoms with E-state index in [0.717, 1.165) is 16.1 Å². The zero-order chi connectivity index (χ0) is 19.3. The van der Waals surface area contributed by atoms with Crippen molar-refractivity contribution in [3.8, 4) is 5.69 Å². The van der Waals surface area contributed by atoms with Crippen LogP contribution < -0.4 is 0 Å². The number of amides is 1. The predicted molar refractivity (Wildman–Crippen MR) is 106 cm³/mol. The lowest BCUT2D eigenvalue weighted by molar-refractivity contribution is -0.151. The molecule has 3 heterocycles. The van der Waals surface area contributed by atoms with Crippen LogP contribution in [0.15, 0.2) is 60.2 Å². The third kappa shape index (κ3) is 4.14. The summed E-state index contributed by atoms with van der Waals surface area (Å²) in [5.41, 5.74) is 1.90. The van der Waals surface area contributed by atoms with Crippen LogP contribution in [0.3, 0.4) is 0 Å². The third-order valence-electron chi connectivity index (χ3n) is 4.93. The first-order valence-electron chi connectivity index (χ1n) is 9.29. The van der Waals surface area contributed by atoms with E-state index in [1.54, 1.807) is 10.9 Å². The summed E-state index contributed by atoms with van der Waals surface area (Å²) in [6.45, 7) is 1.44. The summed E-state index contributed by atoms with van der Waals surface area (Å²) in [5.74, 6) is -0.269. The third-order valence-corrected chi connectivity index (χ3v) is 5.79. The topological polar surface area (TPSA) is 64.4 Å².